The first kappa shape index (κ1) is 7.18. The molecule has 52 valence electrons. The number of Topliss-reactive ketones (excluding diaryl/α,β-unsaturated/α-hetero) is 1. The van der Waals surface area contributed by atoms with E-state index in [1.807, 2.05) is 0 Å². The first-order valence-electron chi connectivity index (χ1n) is 2.81. The molecule has 1 aliphatic heterocycles. The smallest absolute Gasteiger partial charge is 0.149 e. The summed E-state index contributed by atoms with van der Waals surface area (Å²) in [5.74, 6) is 0.181. The maximum absolute atomic E-state index is 10.8. The normalized spacial score (nSPS) is 30.9. The lowest BCUT2D eigenvalue weighted by Crippen LogP contribution is -2.39. The minimum absolute atomic E-state index is 0.170. The summed E-state index contributed by atoms with van der Waals surface area (Å²) >= 11 is 3.14. The van der Waals surface area contributed by atoms with Crippen LogP contribution in [0, 0.1) is 0 Å². The van der Waals surface area contributed by atoms with Crippen LogP contribution in [0.2, 0.25) is 0 Å². The summed E-state index contributed by atoms with van der Waals surface area (Å²) in [5.41, 5.74) is 0. The van der Waals surface area contributed by atoms with Crippen molar-refractivity contribution < 1.29 is 10.0 Å². The summed E-state index contributed by atoms with van der Waals surface area (Å²) in [7, 11) is 0. The molecular weight excluding hydrogens is 186 g/mol. The van der Waals surface area contributed by atoms with Crippen LogP contribution in [0.4, 0.5) is 0 Å². The van der Waals surface area contributed by atoms with E-state index in [0.717, 1.165) is 5.06 Å². The summed E-state index contributed by atoms with van der Waals surface area (Å²) in [6.07, 6.45) is 0.451. The minimum Gasteiger partial charge on any atom is -0.314 e. The molecule has 3 nitrogen and oxygen atoms in total. The highest BCUT2D eigenvalue weighted by molar-refractivity contribution is 9.10. The number of halogens is 1. The van der Waals surface area contributed by atoms with Gasteiger partial charge in [0.15, 0.2) is 0 Å². The van der Waals surface area contributed by atoms with Crippen molar-refractivity contribution in [3.8, 4) is 0 Å². The van der Waals surface area contributed by atoms with Gasteiger partial charge in [0.1, 0.15) is 5.78 Å². The standard InChI is InChI=1S/C5H8BrNO2/c6-4-3-7(9)2-1-5(4)8/h4,9H,1-3H2. The molecule has 1 rings (SSSR count). The molecule has 0 aromatic rings. The number of hydrogen-bond donors (Lipinski definition) is 1. The zero-order chi connectivity index (χ0) is 6.85. The molecular formula is C5H8BrNO2. The summed E-state index contributed by atoms with van der Waals surface area (Å²) in [5, 5.41) is 10.0. The van der Waals surface area contributed by atoms with Crippen molar-refractivity contribution in [1.29, 1.82) is 0 Å². The Labute approximate surface area is 61.7 Å². The van der Waals surface area contributed by atoms with Gasteiger partial charge in [-0.3, -0.25) is 4.79 Å². The van der Waals surface area contributed by atoms with Crippen LogP contribution in [0.3, 0.4) is 0 Å². The summed E-state index contributed by atoms with van der Waals surface area (Å²) in [6.45, 7) is 0.889. The van der Waals surface area contributed by atoms with E-state index >= 15 is 0 Å². The average molecular weight is 194 g/mol. The molecule has 1 atom stereocenters. The molecule has 0 radical (unpaired) electrons. The lowest BCUT2D eigenvalue weighted by Gasteiger charge is -2.22. The Morgan fingerprint density at radius 3 is 2.89 bits per heavy atom. The molecule has 0 aromatic carbocycles. The zero-order valence-electron chi connectivity index (χ0n) is 4.88. The second-order valence-corrected chi connectivity index (χ2v) is 3.20. The minimum atomic E-state index is -0.170. The summed E-state index contributed by atoms with van der Waals surface area (Å²) in [6, 6.07) is 0. The van der Waals surface area contributed by atoms with Gasteiger partial charge in [-0.15, -0.1) is 0 Å². The Morgan fingerprint density at radius 1 is 1.78 bits per heavy atom. The highest BCUT2D eigenvalue weighted by Gasteiger charge is 2.23. The molecule has 1 unspecified atom stereocenters. The zero-order valence-corrected chi connectivity index (χ0v) is 6.47. The van der Waals surface area contributed by atoms with Crippen LogP contribution in [0.25, 0.3) is 0 Å². The third kappa shape index (κ3) is 1.74. The van der Waals surface area contributed by atoms with Gasteiger partial charge in [-0.2, -0.15) is 5.06 Å². The predicted molar refractivity (Wildman–Crippen MR) is 35.7 cm³/mol. The van der Waals surface area contributed by atoms with E-state index in [-0.39, 0.29) is 10.6 Å². The van der Waals surface area contributed by atoms with Crippen LogP contribution in [0.5, 0.6) is 0 Å². The molecule has 0 amide bonds. The number of nitrogens with zero attached hydrogens (tertiary/aromatic N) is 1. The molecule has 1 N–H and O–H groups in total. The Kier molecular flexibility index (Phi) is 2.21. The van der Waals surface area contributed by atoms with E-state index in [4.69, 9.17) is 5.21 Å². The molecule has 0 bridgehead atoms. The van der Waals surface area contributed by atoms with Crippen molar-refractivity contribution in [3.05, 3.63) is 0 Å². The largest absolute Gasteiger partial charge is 0.314 e. The molecule has 4 heteroatoms. The van der Waals surface area contributed by atoms with Crippen molar-refractivity contribution in [2.75, 3.05) is 13.1 Å². The number of hydrogen-bond acceptors (Lipinski definition) is 3. The van der Waals surface area contributed by atoms with Crippen LogP contribution in [-0.2, 0) is 4.79 Å². The maximum Gasteiger partial charge on any atom is 0.149 e. The predicted octanol–water partition coefficient (Wildman–Crippen LogP) is 0.414. The monoisotopic (exact) mass is 193 g/mol. The van der Waals surface area contributed by atoms with E-state index < -0.39 is 0 Å². The third-order valence-electron chi connectivity index (χ3n) is 1.34. The SMILES string of the molecule is O=C1CCN(O)CC1Br. The van der Waals surface area contributed by atoms with Crippen LogP contribution < -0.4 is 0 Å². The van der Waals surface area contributed by atoms with Crippen molar-refractivity contribution >= 4 is 21.7 Å². The van der Waals surface area contributed by atoms with Gasteiger partial charge in [0, 0.05) is 19.5 Å². The number of piperidine rings is 1. The number of ketones is 1. The fourth-order valence-corrected chi connectivity index (χ4v) is 1.34. The van der Waals surface area contributed by atoms with Crippen molar-refractivity contribution in [3.63, 3.8) is 0 Å². The first-order valence-corrected chi connectivity index (χ1v) is 3.72. The van der Waals surface area contributed by atoms with Gasteiger partial charge in [-0.1, -0.05) is 15.9 Å². The van der Waals surface area contributed by atoms with Gasteiger partial charge in [0.25, 0.3) is 0 Å². The molecule has 0 saturated carbocycles. The second-order valence-electron chi connectivity index (χ2n) is 2.10. The number of carbonyl (C=O) groups excluding carboxylic acids is 1. The van der Waals surface area contributed by atoms with E-state index in [1.54, 1.807) is 0 Å². The second kappa shape index (κ2) is 2.77. The quantitative estimate of drug-likeness (QED) is 0.568. The van der Waals surface area contributed by atoms with Crippen molar-refractivity contribution in [2.45, 2.75) is 11.2 Å². The van der Waals surface area contributed by atoms with Gasteiger partial charge in [0.2, 0.25) is 0 Å². The van der Waals surface area contributed by atoms with E-state index in [9.17, 15) is 4.79 Å². The van der Waals surface area contributed by atoms with Gasteiger partial charge in [-0.25, -0.2) is 0 Å². The lowest BCUT2D eigenvalue weighted by molar-refractivity contribution is -0.136. The van der Waals surface area contributed by atoms with E-state index in [1.165, 1.54) is 0 Å². The van der Waals surface area contributed by atoms with Crippen LogP contribution in [0.1, 0.15) is 6.42 Å². The Balaban J connectivity index is 2.44. The molecule has 1 heterocycles. The van der Waals surface area contributed by atoms with Gasteiger partial charge in [0.05, 0.1) is 4.83 Å². The number of hydroxylamine groups is 2. The maximum atomic E-state index is 10.8. The molecule has 1 saturated heterocycles. The Bertz CT molecular complexity index is 128. The molecule has 9 heavy (non-hydrogen) atoms. The lowest BCUT2D eigenvalue weighted by atomic mass is 10.1. The molecule has 0 aliphatic carbocycles. The van der Waals surface area contributed by atoms with E-state index in [2.05, 4.69) is 15.9 Å². The summed E-state index contributed by atoms with van der Waals surface area (Å²) in [4.78, 5) is 10.6. The third-order valence-corrected chi connectivity index (χ3v) is 2.14. The van der Waals surface area contributed by atoms with E-state index in [0.29, 0.717) is 19.5 Å². The molecule has 1 fully saturated rings. The molecule has 1 aliphatic rings. The Morgan fingerprint density at radius 2 is 2.44 bits per heavy atom. The van der Waals surface area contributed by atoms with Crippen molar-refractivity contribution in [2.24, 2.45) is 0 Å². The number of rotatable bonds is 0. The topological polar surface area (TPSA) is 40.5 Å². The average Bonchev–Trinajstić information content (AvgIpc) is 1.80. The van der Waals surface area contributed by atoms with Gasteiger partial charge in [-0.05, 0) is 0 Å². The highest BCUT2D eigenvalue weighted by atomic mass is 79.9. The van der Waals surface area contributed by atoms with Gasteiger partial charge < -0.3 is 5.21 Å². The van der Waals surface area contributed by atoms with Crippen molar-refractivity contribution in [1.82, 2.24) is 5.06 Å². The summed E-state index contributed by atoms with van der Waals surface area (Å²) < 4.78 is 0. The fourth-order valence-electron chi connectivity index (χ4n) is 0.774. The number of alkyl halides is 1. The van der Waals surface area contributed by atoms with Crippen LogP contribution in [-0.4, -0.2) is 34.0 Å². The molecule has 0 spiro atoms. The fraction of sp³-hybridized carbons (Fsp3) is 0.800. The number of carbonyl (C=O) groups is 1. The van der Waals surface area contributed by atoms with Crippen LogP contribution >= 0.6 is 15.9 Å². The first-order chi connectivity index (χ1) is 4.20. The van der Waals surface area contributed by atoms with Gasteiger partial charge >= 0.3 is 0 Å². The molecule has 0 aromatic heterocycles. The van der Waals surface area contributed by atoms with Crippen LogP contribution in [0.15, 0.2) is 0 Å². The Hall–Kier alpha value is 0.0700. The highest BCUT2D eigenvalue weighted by Crippen LogP contribution is 2.11.